The van der Waals surface area contributed by atoms with Crippen molar-refractivity contribution in [1.82, 2.24) is 0 Å². The van der Waals surface area contributed by atoms with Crippen LogP contribution in [0, 0.1) is 17.3 Å². The molecule has 0 spiro atoms. The van der Waals surface area contributed by atoms with Crippen LogP contribution in [0.15, 0.2) is 12.1 Å². The summed E-state index contributed by atoms with van der Waals surface area (Å²) in [5, 5.41) is 19.4. The van der Waals surface area contributed by atoms with Crippen LogP contribution in [-0.2, 0) is 11.2 Å². The first-order valence-electron chi connectivity index (χ1n) is 9.18. The Morgan fingerprint density at radius 3 is 2.92 bits per heavy atom. The number of carboxylic acid groups (broad SMARTS) is 1. The zero-order valence-electron chi connectivity index (χ0n) is 14.3. The number of phenols is 1. The van der Waals surface area contributed by atoms with E-state index >= 15 is 0 Å². The molecule has 130 valence electrons. The number of phenolic OH excluding ortho intramolecular Hbond substituents is 1. The molecule has 0 heterocycles. The normalized spacial score (nSPS) is 34.1. The lowest BCUT2D eigenvalue weighted by atomic mass is 9.56. The number of carbonyl (C=O) groups is 1. The number of benzene rings is 1. The molecule has 0 bridgehead atoms. The van der Waals surface area contributed by atoms with Gasteiger partial charge in [-0.1, -0.05) is 13.3 Å². The molecule has 4 heteroatoms. The van der Waals surface area contributed by atoms with Crippen LogP contribution in [0.4, 0.5) is 0 Å². The molecule has 0 radical (unpaired) electrons. The maximum Gasteiger partial charge on any atom is 0.341 e. The fraction of sp³-hybridized carbons (Fsp3) is 0.650. The summed E-state index contributed by atoms with van der Waals surface area (Å²) in [6.45, 7) is 2.10. The van der Waals surface area contributed by atoms with Crippen LogP contribution in [0.1, 0.15) is 62.5 Å². The van der Waals surface area contributed by atoms with Crippen molar-refractivity contribution in [2.24, 2.45) is 17.3 Å². The van der Waals surface area contributed by atoms with Gasteiger partial charge in [-0.15, -0.1) is 0 Å². The number of hydrogen-bond donors (Lipinski definition) is 2. The summed E-state index contributed by atoms with van der Waals surface area (Å²) < 4.78 is 5.28. The Hall–Kier alpha value is -1.71. The van der Waals surface area contributed by atoms with Gasteiger partial charge in [-0.05, 0) is 73.3 Å². The Balaban J connectivity index is 1.63. The molecule has 4 rings (SSSR count). The lowest BCUT2D eigenvalue weighted by Gasteiger charge is -2.49. The zero-order valence-corrected chi connectivity index (χ0v) is 14.3. The van der Waals surface area contributed by atoms with E-state index in [9.17, 15) is 9.90 Å². The van der Waals surface area contributed by atoms with Gasteiger partial charge < -0.3 is 14.9 Å². The highest BCUT2D eigenvalue weighted by molar-refractivity contribution is 5.68. The Labute approximate surface area is 142 Å². The molecular formula is C20H26O4. The number of aromatic hydroxyl groups is 1. The minimum atomic E-state index is -1.000. The summed E-state index contributed by atoms with van der Waals surface area (Å²) in [5.41, 5.74) is 2.78. The van der Waals surface area contributed by atoms with Crippen molar-refractivity contribution in [2.75, 3.05) is 6.61 Å². The highest BCUT2D eigenvalue weighted by atomic mass is 16.5. The molecule has 0 aliphatic heterocycles. The highest BCUT2D eigenvalue weighted by Crippen LogP contribution is 2.61. The van der Waals surface area contributed by atoms with Crippen LogP contribution in [0.5, 0.6) is 11.5 Å². The van der Waals surface area contributed by atoms with Crippen molar-refractivity contribution in [3.05, 3.63) is 23.3 Å². The zero-order chi connectivity index (χ0) is 16.9. The van der Waals surface area contributed by atoms with Gasteiger partial charge >= 0.3 is 5.97 Å². The summed E-state index contributed by atoms with van der Waals surface area (Å²) in [6.07, 6.45) is 8.61. The van der Waals surface area contributed by atoms with E-state index < -0.39 is 5.97 Å². The number of rotatable bonds is 3. The lowest BCUT2D eigenvalue weighted by Crippen LogP contribution is -2.39. The number of hydrogen-bond acceptors (Lipinski definition) is 3. The maximum absolute atomic E-state index is 10.7. The first kappa shape index (κ1) is 15.8. The number of carboxylic acids is 1. The summed E-state index contributed by atoms with van der Waals surface area (Å²) in [5.74, 6) is 1.71. The van der Waals surface area contributed by atoms with Crippen LogP contribution in [0.25, 0.3) is 0 Å². The smallest absolute Gasteiger partial charge is 0.341 e. The molecule has 3 aliphatic carbocycles. The van der Waals surface area contributed by atoms with Gasteiger partial charge in [-0.25, -0.2) is 4.79 Å². The third kappa shape index (κ3) is 2.47. The lowest BCUT2D eigenvalue weighted by molar-refractivity contribution is -0.139. The molecule has 0 unspecified atom stereocenters. The van der Waals surface area contributed by atoms with E-state index in [4.69, 9.17) is 9.84 Å². The quantitative estimate of drug-likeness (QED) is 0.875. The van der Waals surface area contributed by atoms with Crippen molar-refractivity contribution in [2.45, 2.75) is 57.8 Å². The average molecular weight is 330 g/mol. The molecule has 0 saturated heterocycles. The number of aryl methyl sites for hydroxylation is 1. The molecule has 0 amide bonds. The second-order valence-electron chi connectivity index (χ2n) is 8.20. The third-order valence-corrected chi connectivity index (χ3v) is 6.92. The monoisotopic (exact) mass is 330 g/mol. The Morgan fingerprint density at radius 1 is 1.29 bits per heavy atom. The van der Waals surface area contributed by atoms with Crippen LogP contribution < -0.4 is 4.74 Å². The summed E-state index contributed by atoms with van der Waals surface area (Å²) in [7, 11) is 0. The molecule has 2 N–H and O–H groups in total. The van der Waals surface area contributed by atoms with Crippen molar-refractivity contribution in [3.8, 4) is 11.5 Å². The van der Waals surface area contributed by atoms with Crippen molar-refractivity contribution < 1.29 is 19.7 Å². The first-order valence-corrected chi connectivity index (χ1v) is 9.18. The Kier molecular flexibility index (Phi) is 3.74. The molecule has 0 aromatic heterocycles. The molecule has 3 aliphatic rings. The van der Waals surface area contributed by atoms with Gasteiger partial charge in [0.25, 0.3) is 0 Å². The highest BCUT2D eigenvalue weighted by Gasteiger charge is 2.50. The van der Waals surface area contributed by atoms with Gasteiger partial charge in [0.05, 0.1) is 0 Å². The van der Waals surface area contributed by atoms with E-state index in [-0.39, 0.29) is 6.61 Å². The van der Waals surface area contributed by atoms with Gasteiger partial charge in [0.15, 0.2) is 6.61 Å². The third-order valence-electron chi connectivity index (χ3n) is 6.92. The van der Waals surface area contributed by atoms with Crippen molar-refractivity contribution in [1.29, 1.82) is 0 Å². The van der Waals surface area contributed by atoms with Crippen LogP contribution in [0.3, 0.4) is 0 Å². The molecule has 1 aromatic rings. The minimum Gasteiger partial charge on any atom is -0.508 e. The van der Waals surface area contributed by atoms with E-state index in [2.05, 4.69) is 6.92 Å². The fourth-order valence-electron chi connectivity index (χ4n) is 5.90. The largest absolute Gasteiger partial charge is 0.508 e. The summed E-state index contributed by atoms with van der Waals surface area (Å²) in [4.78, 5) is 10.7. The van der Waals surface area contributed by atoms with E-state index in [0.29, 0.717) is 28.7 Å². The first-order chi connectivity index (χ1) is 11.5. The predicted octanol–water partition coefficient (Wildman–Crippen LogP) is 4.10. The molecule has 4 atom stereocenters. The summed E-state index contributed by atoms with van der Waals surface area (Å²) in [6, 6.07) is 3.54. The standard InChI is InChI=1S/C20H26O4/c1-20-7-2-3-16(20)14-5-4-12-9-13(24-11-18(22)23)10-17(21)19(12)15(14)6-8-20/h9-10,14-16,21H,2-8,11H2,1H3,(H,22,23)/t14-,15+,16+,20+/m1/s1. The minimum absolute atomic E-state index is 0.296. The average Bonchev–Trinajstić information content (AvgIpc) is 2.94. The Morgan fingerprint density at radius 2 is 2.12 bits per heavy atom. The van der Waals surface area contributed by atoms with Crippen LogP contribution in [0.2, 0.25) is 0 Å². The summed E-state index contributed by atoms with van der Waals surface area (Å²) >= 11 is 0. The van der Waals surface area contributed by atoms with Gasteiger partial charge in [-0.3, -0.25) is 0 Å². The molecule has 4 nitrogen and oxygen atoms in total. The molecular weight excluding hydrogens is 304 g/mol. The van der Waals surface area contributed by atoms with Crippen LogP contribution >= 0.6 is 0 Å². The van der Waals surface area contributed by atoms with E-state index in [0.717, 1.165) is 29.9 Å². The SMILES string of the molecule is C[C@@]12CCC[C@H]1[C@@H]1CCc3cc(OCC(=O)O)cc(O)c3[C@H]1CC2. The van der Waals surface area contributed by atoms with E-state index in [1.165, 1.54) is 32.1 Å². The van der Waals surface area contributed by atoms with Crippen molar-refractivity contribution in [3.63, 3.8) is 0 Å². The maximum atomic E-state index is 10.7. The van der Waals surface area contributed by atoms with Crippen LogP contribution in [-0.4, -0.2) is 22.8 Å². The topological polar surface area (TPSA) is 66.8 Å². The molecule has 2 fully saturated rings. The molecule has 24 heavy (non-hydrogen) atoms. The molecule has 2 saturated carbocycles. The van der Waals surface area contributed by atoms with Gasteiger partial charge in [-0.2, -0.15) is 0 Å². The fourth-order valence-corrected chi connectivity index (χ4v) is 5.90. The van der Waals surface area contributed by atoms with E-state index in [1.54, 1.807) is 6.07 Å². The second kappa shape index (κ2) is 5.68. The van der Waals surface area contributed by atoms with Crippen molar-refractivity contribution >= 4 is 5.97 Å². The van der Waals surface area contributed by atoms with Gasteiger partial charge in [0.1, 0.15) is 11.5 Å². The predicted molar refractivity (Wildman–Crippen MR) is 90.5 cm³/mol. The Bertz CT molecular complexity index is 668. The number of fused-ring (bicyclic) bond motifs is 5. The van der Waals surface area contributed by atoms with Gasteiger partial charge in [0.2, 0.25) is 0 Å². The van der Waals surface area contributed by atoms with E-state index in [1.807, 2.05) is 6.07 Å². The second-order valence-corrected chi connectivity index (χ2v) is 8.20. The number of aliphatic carboxylic acids is 1. The number of ether oxygens (including phenoxy) is 1. The molecule has 1 aromatic carbocycles. The van der Waals surface area contributed by atoms with Gasteiger partial charge in [0, 0.05) is 11.6 Å².